The second-order valence-corrected chi connectivity index (χ2v) is 8.00. The van der Waals surface area contributed by atoms with Crippen molar-refractivity contribution in [3.05, 3.63) is 59.2 Å². The minimum absolute atomic E-state index is 0.00733. The maximum absolute atomic E-state index is 13.1. The molecule has 0 saturated heterocycles. The number of aryl methyl sites for hydroxylation is 1. The summed E-state index contributed by atoms with van der Waals surface area (Å²) in [5.74, 6) is -0.493. The molecule has 0 aliphatic carbocycles. The van der Waals surface area contributed by atoms with Gasteiger partial charge in [-0.3, -0.25) is 9.69 Å². The van der Waals surface area contributed by atoms with E-state index in [2.05, 4.69) is 11.9 Å². The van der Waals surface area contributed by atoms with Crippen LogP contribution >= 0.6 is 11.3 Å². The first kappa shape index (κ1) is 21.3. The van der Waals surface area contributed by atoms with Crippen LogP contribution in [0, 0.1) is 0 Å². The number of halogens is 3. The zero-order chi connectivity index (χ0) is 21.2. The van der Waals surface area contributed by atoms with Gasteiger partial charge in [0.05, 0.1) is 15.8 Å². The number of anilines is 1. The summed E-state index contributed by atoms with van der Waals surface area (Å²) in [6.45, 7) is 2.94. The molecule has 1 aromatic heterocycles. The van der Waals surface area contributed by atoms with Crippen molar-refractivity contribution in [1.29, 1.82) is 0 Å². The fourth-order valence-electron chi connectivity index (χ4n) is 2.86. The van der Waals surface area contributed by atoms with Crippen molar-refractivity contribution in [1.82, 2.24) is 9.88 Å². The van der Waals surface area contributed by atoms with E-state index in [4.69, 9.17) is 0 Å². The lowest BCUT2D eigenvalue weighted by atomic mass is 10.1. The van der Waals surface area contributed by atoms with Crippen LogP contribution in [0.1, 0.15) is 28.4 Å². The Bertz CT molecular complexity index is 1010. The molecule has 0 spiro atoms. The van der Waals surface area contributed by atoms with E-state index in [9.17, 15) is 18.0 Å². The van der Waals surface area contributed by atoms with Gasteiger partial charge in [0.2, 0.25) is 0 Å². The van der Waals surface area contributed by atoms with Crippen LogP contribution in [0.3, 0.4) is 0 Å². The van der Waals surface area contributed by atoms with Crippen molar-refractivity contribution < 1.29 is 18.0 Å². The van der Waals surface area contributed by atoms with Gasteiger partial charge in [-0.05, 0) is 56.4 Å². The summed E-state index contributed by atoms with van der Waals surface area (Å²) in [5.41, 5.74) is 1.09. The molecule has 3 aromatic rings. The Balaban J connectivity index is 2.00. The predicted molar refractivity (Wildman–Crippen MR) is 111 cm³/mol. The predicted octanol–water partition coefficient (Wildman–Crippen LogP) is 5.09. The van der Waals surface area contributed by atoms with Gasteiger partial charge in [-0.25, -0.2) is 4.98 Å². The third kappa shape index (κ3) is 4.94. The Morgan fingerprint density at radius 2 is 1.86 bits per heavy atom. The maximum atomic E-state index is 13.1. The topological polar surface area (TPSA) is 36.4 Å². The van der Waals surface area contributed by atoms with E-state index in [1.54, 1.807) is 0 Å². The van der Waals surface area contributed by atoms with Crippen molar-refractivity contribution in [2.45, 2.75) is 19.5 Å². The van der Waals surface area contributed by atoms with Crippen LogP contribution in [0.25, 0.3) is 10.2 Å². The number of hydrogen-bond donors (Lipinski definition) is 0. The first-order chi connectivity index (χ1) is 13.7. The van der Waals surface area contributed by atoms with E-state index in [-0.39, 0.29) is 5.56 Å². The minimum Gasteiger partial charge on any atom is -0.308 e. The Kier molecular flexibility index (Phi) is 6.24. The molecule has 1 heterocycles. The van der Waals surface area contributed by atoms with Crippen LogP contribution in [-0.2, 0) is 12.6 Å². The van der Waals surface area contributed by atoms with E-state index < -0.39 is 17.6 Å². The Morgan fingerprint density at radius 1 is 1.10 bits per heavy atom. The molecule has 0 radical (unpaired) electrons. The van der Waals surface area contributed by atoms with Gasteiger partial charge in [0.25, 0.3) is 5.91 Å². The summed E-state index contributed by atoms with van der Waals surface area (Å²) in [4.78, 5) is 21.1. The summed E-state index contributed by atoms with van der Waals surface area (Å²) in [5, 5.41) is 0.484. The third-order valence-electron chi connectivity index (χ3n) is 4.53. The lowest BCUT2D eigenvalue weighted by Crippen LogP contribution is -2.36. The first-order valence-electron chi connectivity index (χ1n) is 9.22. The number of aromatic nitrogens is 1. The summed E-state index contributed by atoms with van der Waals surface area (Å²) in [6.07, 6.45) is -3.62. The quantitative estimate of drug-likeness (QED) is 0.557. The second-order valence-electron chi connectivity index (χ2n) is 6.99. The van der Waals surface area contributed by atoms with Crippen molar-refractivity contribution >= 4 is 32.6 Å². The smallest absolute Gasteiger partial charge is 0.308 e. The average molecular weight is 421 g/mol. The van der Waals surface area contributed by atoms with Gasteiger partial charge < -0.3 is 4.90 Å². The van der Waals surface area contributed by atoms with E-state index in [0.717, 1.165) is 34.3 Å². The number of hydrogen-bond acceptors (Lipinski definition) is 4. The van der Waals surface area contributed by atoms with Gasteiger partial charge in [0, 0.05) is 18.7 Å². The highest BCUT2D eigenvalue weighted by molar-refractivity contribution is 7.22. The molecule has 3 rings (SSSR count). The average Bonchev–Trinajstić information content (AvgIpc) is 3.09. The fraction of sp³-hybridized carbons (Fsp3) is 0.333. The summed E-state index contributed by atoms with van der Waals surface area (Å²) in [6, 6.07) is 10.5. The molecular weight excluding hydrogens is 399 g/mol. The van der Waals surface area contributed by atoms with Crippen LogP contribution in [0.2, 0.25) is 0 Å². The van der Waals surface area contributed by atoms with Crippen LogP contribution in [0.5, 0.6) is 0 Å². The summed E-state index contributed by atoms with van der Waals surface area (Å²) in [7, 11) is 3.75. The van der Waals surface area contributed by atoms with Gasteiger partial charge in [-0.1, -0.05) is 30.4 Å². The number of carbonyl (C=O) groups is 1. The van der Waals surface area contributed by atoms with Crippen LogP contribution in [0.4, 0.5) is 18.3 Å². The van der Waals surface area contributed by atoms with E-state index in [1.165, 1.54) is 28.4 Å². The molecule has 0 aliphatic heterocycles. The number of amides is 1. The molecular formula is C21H22F3N3OS. The Morgan fingerprint density at radius 3 is 2.52 bits per heavy atom. The number of alkyl halides is 3. The van der Waals surface area contributed by atoms with Gasteiger partial charge in [-0.2, -0.15) is 13.2 Å². The minimum atomic E-state index is -4.50. The number of likely N-dealkylation sites (N-methyl/N-ethyl adjacent to an activating group) is 1. The summed E-state index contributed by atoms with van der Waals surface area (Å²) >= 11 is 1.37. The van der Waals surface area contributed by atoms with Crippen molar-refractivity contribution in [2.24, 2.45) is 0 Å². The molecule has 0 aliphatic rings. The molecule has 8 heteroatoms. The lowest BCUT2D eigenvalue weighted by Gasteiger charge is -2.22. The maximum Gasteiger partial charge on any atom is 0.416 e. The highest BCUT2D eigenvalue weighted by atomic mass is 32.1. The number of nitrogens with zero attached hydrogens (tertiary/aromatic N) is 3. The van der Waals surface area contributed by atoms with Crippen LogP contribution < -0.4 is 4.90 Å². The molecule has 154 valence electrons. The van der Waals surface area contributed by atoms with Crippen LogP contribution in [-0.4, -0.2) is 43.0 Å². The molecule has 29 heavy (non-hydrogen) atoms. The first-order valence-corrected chi connectivity index (χ1v) is 10.0. The largest absolute Gasteiger partial charge is 0.416 e. The van der Waals surface area contributed by atoms with Gasteiger partial charge in [0.15, 0.2) is 5.13 Å². The van der Waals surface area contributed by atoms with Gasteiger partial charge >= 0.3 is 6.18 Å². The lowest BCUT2D eigenvalue weighted by molar-refractivity contribution is -0.137. The van der Waals surface area contributed by atoms with Crippen molar-refractivity contribution in [3.63, 3.8) is 0 Å². The molecule has 4 nitrogen and oxygen atoms in total. The van der Waals surface area contributed by atoms with Crippen molar-refractivity contribution in [3.8, 4) is 0 Å². The molecule has 0 atom stereocenters. The standard InChI is InChI=1S/C21H22F3N3OS/c1-4-14-8-9-17-18(12-14)29-20(25-17)27(11-10-26(2)3)19(28)15-6-5-7-16(13-15)21(22,23)24/h5-9,12-13H,4,10-11H2,1-3H3. The second kappa shape index (κ2) is 8.51. The Labute approximate surface area is 171 Å². The highest BCUT2D eigenvalue weighted by Gasteiger charge is 2.31. The molecule has 0 fully saturated rings. The monoisotopic (exact) mass is 421 g/mol. The normalized spacial score (nSPS) is 12.0. The fourth-order valence-corrected chi connectivity index (χ4v) is 3.91. The molecule has 1 amide bonds. The molecule has 0 N–H and O–H groups in total. The SMILES string of the molecule is CCc1ccc2nc(N(CCN(C)C)C(=O)c3cccc(C(F)(F)F)c3)sc2c1. The number of benzene rings is 2. The van der Waals surface area contributed by atoms with E-state index in [0.29, 0.717) is 18.2 Å². The summed E-state index contributed by atoms with van der Waals surface area (Å²) < 4.78 is 40.2. The molecule has 2 aromatic carbocycles. The zero-order valence-corrected chi connectivity index (χ0v) is 17.3. The van der Waals surface area contributed by atoms with Crippen molar-refractivity contribution in [2.75, 3.05) is 32.1 Å². The van der Waals surface area contributed by atoms with Gasteiger partial charge in [-0.15, -0.1) is 0 Å². The highest BCUT2D eigenvalue weighted by Crippen LogP contribution is 2.32. The van der Waals surface area contributed by atoms with Gasteiger partial charge in [0.1, 0.15) is 0 Å². The van der Waals surface area contributed by atoms with Crippen LogP contribution in [0.15, 0.2) is 42.5 Å². The van der Waals surface area contributed by atoms with E-state index in [1.807, 2.05) is 37.2 Å². The zero-order valence-electron chi connectivity index (χ0n) is 16.5. The molecule has 0 bridgehead atoms. The number of thiazole rings is 1. The third-order valence-corrected chi connectivity index (χ3v) is 5.57. The Hall–Kier alpha value is -2.45. The molecule has 0 unspecified atom stereocenters. The molecule has 0 saturated carbocycles. The number of carbonyl (C=O) groups excluding carboxylic acids is 1. The number of rotatable bonds is 6. The number of fused-ring (bicyclic) bond motifs is 1. The van der Waals surface area contributed by atoms with E-state index >= 15 is 0 Å².